The molecular formula is C14H14Br3NO. The predicted molar refractivity (Wildman–Crippen MR) is 88.4 cm³/mol. The molecule has 0 aliphatic heterocycles. The van der Waals surface area contributed by atoms with E-state index in [1.807, 2.05) is 24.3 Å². The Morgan fingerprint density at radius 1 is 1.16 bits per heavy atom. The Balaban J connectivity index is 2.36. The first-order valence-corrected chi connectivity index (χ1v) is 8.43. The van der Waals surface area contributed by atoms with Crippen LogP contribution in [0.3, 0.4) is 0 Å². The molecule has 1 atom stereocenters. The Labute approximate surface area is 138 Å². The standard InChI is InChI=1S/C14H14Br3NO/c1-2-7-18-14(12-5-6-13(17)19-12)10-4-3-9(15)8-11(10)16/h3-6,8,14,18H,2,7H2,1H3. The minimum absolute atomic E-state index is 0.0497. The van der Waals surface area contributed by atoms with Crippen molar-refractivity contribution in [2.75, 3.05) is 6.54 Å². The molecule has 0 aliphatic carbocycles. The van der Waals surface area contributed by atoms with Crippen LogP contribution >= 0.6 is 47.8 Å². The van der Waals surface area contributed by atoms with Crippen molar-refractivity contribution in [1.29, 1.82) is 0 Å². The van der Waals surface area contributed by atoms with Crippen LogP contribution in [0.2, 0.25) is 0 Å². The van der Waals surface area contributed by atoms with Crippen molar-refractivity contribution >= 4 is 47.8 Å². The average Bonchev–Trinajstić information content (AvgIpc) is 2.78. The molecule has 0 bridgehead atoms. The van der Waals surface area contributed by atoms with E-state index in [9.17, 15) is 0 Å². The summed E-state index contributed by atoms with van der Waals surface area (Å²) in [5.74, 6) is 0.906. The summed E-state index contributed by atoms with van der Waals surface area (Å²) >= 11 is 10.5. The van der Waals surface area contributed by atoms with Crippen molar-refractivity contribution in [3.8, 4) is 0 Å². The van der Waals surface area contributed by atoms with E-state index in [2.05, 4.69) is 66.1 Å². The molecule has 1 aromatic carbocycles. The van der Waals surface area contributed by atoms with E-state index >= 15 is 0 Å². The molecule has 1 heterocycles. The molecule has 102 valence electrons. The molecule has 2 rings (SSSR count). The zero-order valence-electron chi connectivity index (χ0n) is 10.4. The number of halogens is 3. The number of nitrogens with one attached hydrogen (secondary N) is 1. The molecule has 19 heavy (non-hydrogen) atoms. The molecule has 0 amide bonds. The third-order valence-corrected chi connectivity index (χ3v) is 4.36. The van der Waals surface area contributed by atoms with E-state index in [0.29, 0.717) is 0 Å². The molecule has 0 saturated heterocycles. The fourth-order valence-corrected chi connectivity index (χ4v) is 3.47. The highest BCUT2D eigenvalue weighted by atomic mass is 79.9. The van der Waals surface area contributed by atoms with Gasteiger partial charge in [-0.25, -0.2) is 0 Å². The van der Waals surface area contributed by atoms with Gasteiger partial charge >= 0.3 is 0 Å². The number of hydrogen-bond acceptors (Lipinski definition) is 2. The Bertz CT molecular complexity index is 553. The van der Waals surface area contributed by atoms with Crippen molar-refractivity contribution in [2.24, 2.45) is 0 Å². The van der Waals surface area contributed by atoms with Gasteiger partial charge in [-0.05, 0) is 58.7 Å². The molecule has 1 aromatic heterocycles. The van der Waals surface area contributed by atoms with Crippen LogP contribution < -0.4 is 5.32 Å². The van der Waals surface area contributed by atoms with E-state index in [-0.39, 0.29) is 6.04 Å². The Hall–Kier alpha value is -0.100. The number of furan rings is 1. The van der Waals surface area contributed by atoms with Crippen molar-refractivity contribution in [3.05, 3.63) is 55.3 Å². The molecule has 0 radical (unpaired) electrons. The second-order valence-corrected chi connectivity index (χ2v) is 6.75. The van der Waals surface area contributed by atoms with Gasteiger partial charge in [0.1, 0.15) is 5.76 Å². The van der Waals surface area contributed by atoms with Crippen molar-refractivity contribution < 1.29 is 4.42 Å². The monoisotopic (exact) mass is 449 g/mol. The van der Waals surface area contributed by atoms with E-state index in [1.54, 1.807) is 0 Å². The SMILES string of the molecule is CCCNC(c1ccc(Br)o1)c1ccc(Br)cc1Br. The summed E-state index contributed by atoms with van der Waals surface area (Å²) in [5.41, 5.74) is 1.17. The summed E-state index contributed by atoms with van der Waals surface area (Å²) in [7, 11) is 0. The molecule has 5 heteroatoms. The molecule has 0 spiro atoms. The lowest BCUT2D eigenvalue weighted by Crippen LogP contribution is -2.23. The number of rotatable bonds is 5. The highest BCUT2D eigenvalue weighted by Gasteiger charge is 2.19. The van der Waals surface area contributed by atoms with Gasteiger partial charge in [0, 0.05) is 8.95 Å². The predicted octanol–water partition coefficient (Wildman–Crippen LogP) is 5.66. The third kappa shape index (κ3) is 3.94. The first kappa shape index (κ1) is 15.3. The van der Waals surface area contributed by atoms with Gasteiger partial charge in [0.15, 0.2) is 4.67 Å². The Morgan fingerprint density at radius 2 is 1.95 bits per heavy atom. The van der Waals surface area contributed by atoms with Gasteiger partial charge in [0.25, 0.3) is 0 Å². The molecule has 2 nitrogen and oxygen atoms in total. The number of hydrogen-bond donors (Lipinski definition) is 1. The van der Waals surface area contributed by atoms with Gasteiger partial charge in [-0.2, -0.15) is 0 Å². The first-order valence-electron chi connectivity index (χ1n) is 6.05. The minimum Gasteiger partial charge on any atom is -0.452 e. The lowest BCUT2D eigenvalue weighted by atomic mass is 10.0. The first-order chi connectivity index (χ1) is 9.11. The highest BCUT2D eigenvalue weighted by Crippen LogP contribution is 2.32. The van der Waals surface area contributed by atoms with E-state index in [0.717, 1.165) is 32.3 Å². The van der Waals surface area contributed by atoms with Crippen LogP contribution in [-0.4, -0.2) is 6.54 Å². The molecule has 1 N–H and O–H groups in total. The molecule has 0 saturated carbocycles. The zero-order valence-corrected chi connectivity index (χ0v) is 15.2. The summed E-state index contributed by atoms with van der Waals surface area (Å²) in [6, 6.07) is 10.1. The summed E-state index contributed by atoms with van der Waals surface area (Å²) in [6.45, 7) is 3.09. The van der Waals surface area contributed by atoms with Gasteiger partial charge in [-0.15, -0.1) is 0 Å². The largest absolute Gasteiger partial charge is 0.452 e. The second-order valence-electron chi connectivity index (χ2n) is 4.19. The van der Waals surface area contributed by atoms with Crippen LogP contribution in [0.5, 0.6) is 0 Å². The maximum atomic E-state index is 5.70. The van der Waals surface area contributed by atoms with Gasteiger partial charge in [0.05, 0.1) is 6.04 Å². The topological polar surface area (TPSA) is 25.2 Å². The Kier molecular flexibility index (Phi) is 5.69. The maximum absolute atomic E-state index is 5.70. The third-order valence-electron chi connectivity index (χ3n) is 2.75. The fourth-order valence-electron chi connectivity index (χ4n) is 1.87. The van der Waals surface area contributed by atoms with Crippen molar-refractivity contribution in [2.45, 2.75) is 19.4 Å². The van der Waals surface area contributed by atoms with Crippen molar-refractivity contribution in [1.82, 2.24) is 5.32 Å². The second kappa shape index (κ2) is 7.07. The summed E-state index contributed by atoms with van der Waals surface area (Å²) in [6.07, 6.45) is 1.08. The van der Waals surface area contributed by atoms with Crippen LogP contribution in [0.15, 0.2) is 48.4 Å². The van der Waals surface area contributed by atoms with E-state index < -0.39 is 0 Å². The average molecular weight is 452 g/mol. The molecule has 1 unspecified atom stereocenters. The van der Waals surface area contributed by atoms with Gasteiger partial charge in [0.2, 0.25) is 0 Å². The lowest BCUT2D eigenvalue weighted by Gasteiger charge is -2.18. The molecule has 0 fully saturated rings. The van der Waals surface area contributed by atoms with Gasteiger partial charge in [-0.1, -0.05) is 44.8 Å². The summed E-state index contributed by atoms with van der Waals surface area (Å²) in [5, 5.41) is 3.52. The molecule has 2 aromatic rings. The Morgan fingerprint density at radius 3 is 2.53 bits per heavy atom. The van der Waals surface area contributed by atoms with Crippen LogP contribution in [0.4, 0.5) is 0 Å². The van der Waals surface area contributed by atoms with E-state index in [1.165, 1.54) is 5.56 Å². The lowest BCUT2D eigenvalue weighted by molar-refractivity contribution is 0.432. The highest BCUT2D eigenvalue weighted by molar-refractivity contribution is 9.11. The summed E-state index contributed by atoms with van der Waals surface area (Å²) < 4.78 is 8.57. The summed E-state index contributed by atoms with van der Waals surface area (Å²) in [4.78, 5) is 0. The smallest absolute Gasteiger partial charge is 0.169 e. The normalized spacial score (nSPS) is 12.6. The van der Waals surface area contributed by atoms with Gasteiger partial charge in [-0.3, -0.25) is 0 Å². The molecule has 0 aliphatic rings. The maximum Gasteiger partial charge on any atom is 0.169 e. The van der Waals surface area contributed by atoms with E-state index in [4.69, 9.17) is 4.42 Å². The number of benzene rings is 1. The van der Waals surface area contributed by atoms with Gasteiger partial charge < -0.3 is 9.73 Å². The zero-order chi connectivity index (χ0) is 13.8. The van der Waals surface area contributed by atoms with Crippen LogP contribution in [0, 0.1) is 0 Å². The van der Waals surface area contributed by atoms with Crippen LogP contribution in [0.1, 0.15) is 30.7 Å². The molecular weight excluding hydrogens is 438 g/mol. The minimum atomic E-state index is 0.0497. The van der Waals surface area contributed by atoms with Crippen molar-refractivity contribution in [3.63, 3.8) is 0 Å². The fraction of sp³-hybridized carbons (Fsp3) is 0.286. The van der Waals surface area contributed by atoms with Crippen LogP contribution in [-0.2, 0) is 0 Å². The van der Waals surface area contributed by atoms with Crippen LogP contribution in [0.25, 0.3) is 0 Å². The quantitative estimate of drug-likeness (QED) is 0.634.